The fourth-order valence-corrected chi connectivity index (χ4v) is 4.12. The summed E-state index contributed by atoms with van der Waals surface area (Å²) in [5, 5.41) is 17.3. The van der Waals surface area contributed by atoms with Gasteiger partial charge in [-0.25, -0.2) is 4.79 Å². The number of carboxylic acid groups (broad SMARTS) is 1. The van der Waals surface area contributed by atoms with Gasteiger partial charge >= 0.3 is 12.0 Å². The van der Waals surface area contributed by atoms with Gasteiger partial charge in [-0.15, -0.1) is 0 Å². The molecule has 0 saturated carbocycles. The van der Waals surface area contributed by atoms with Crippen LogP contribution in [0, 0.1) is 6.92 Å². The van der Waals surface area contributed by atoms with Crippen LogP contribution in [0.2, 0.25) is 0 Å². The highest BCUT2D eigenvalue weighted by Crippen LogP contribution is 2.26. The minimum atomic E-state index is -1.01. The molecule has 3 rings (SSSR count). The van der Waals surface area contributed by atoms with E-state index in [1.54, 1.807) is 24.3 Å². The zero-order valence-corrected chi connectivity index (χ0v) is 22.8. The van der Waals surface area contributed by atoms with Gasteiger partial charge in [-0.1, -0.05) is 54.6 Å². The molecule has 1 unspecified atom stereocenters. The highest BCUT2D eigenvalue weighted by molar-refractivity contribution is 6.01. The van der Waals surface area contributed by atoms with E-state index in [9.17, 15) is 19.2 Å². The summed E-state index contributed by atoms with van der Waals surface area (Å²) in [6, 6.07) is 20.8. The number of ether oxygens (including phenoxy) is 1. The fourth-order valence-electron chi connectivity index (χ4n) is 4.12. The lowest BCUT2D eigenvalue weighted by Gasteiger charge is -2.29. The van der Waals surface area contributed by atoms with Crippen molar-refractivity contribution >= 4 is 35.2 Å². The predicted octanol–water partition coefficient (Wildman–Crippen LogP) is 4.37. The van der Waals surface area contributed by atoms with Crippen LogP contribution in [0.5, 0.6) is 5.75 Å². The number of carbonyl (C=O) groups excluding carboxylic acids is 3. The second-order valence-electron chi connectivity index (χ2n) is 9.20. The van der Waals surface area contributed by atoms with Crippen LogP contribution in [0.25, 0.3) is 0 Å². The molecular formula is C30H34N4O6. The van der Waals surface area contributed by atoms with Gasteiger partial charge in [0.05, 0.1) is 38.2 Å². The van der Waals surface area contributed by atoms with Crippen molar-refractivity contribution in [3.63, 3.8) is 0 Å². The third kappa shape index (κ3) is 8.59. The van der Waals surface area contributed by atoms with Crippen molar-refractivity contribution in [3.8, 4) is 5.75 Å². The lowest BCUT2D eigenvalue weighted by Crippen LogP contribution is -2.42. The predicted molar refractivity (Wildman–Crippen MR) is 152 cm³/mol. The highest BCUT2D eigenvalue weighted by atomic mass is 16.5. The maximum atomic E-state index is 13.0. The average molecular weight is 547 g/mol. The van der Waals surface area contributed by atoms with Gasteiger partial charge < -0.3 is 30.7 Å². The van der Waals surface area contributed by atoms with Crippen molar-refractivity contribution in [3.05, 3.63) is 89.5 Å². The number of aryl methyl sites for hydroxylation is 1. The fraction of sp³-hybridized carbons (Fsp3) is 0.267. The summed E-state index contributed by atoms with van der Waals surface area (Å²) in [6.45, 7) is 3.45. The first kappa shape index (κ1) is 29.7. The molecule has 0 bridgehead atoms. The Labute approximate surface area is 233 Å². The minimum absolute atomic E-state index is 0.0170. The molecule has 0 saturated heterocycles. The Morgan fingerprint density at radius 1 is 0.925 bits per heavy atom. The smallest absolute Gasteiger partial charge is 0.323 e. The molecule has 0 heterocycles. The van der Waals surface area contributed by atoms with Crippen LogP contribution in [0.3, 0.4) is 0 Å². The second-order valence-corrected chi connectivity index (χ2v) is 9.20. The number of methoxy groups -OCH3 is 1. The molecule has 40 heavy (non-hydrogen) atoms. The Balaban J connectivity index is 1.59. The Morgan fingerprint density at radius 2 is 1.60 bits per heavy atom. The number of nitrogens with one attached hydrogen (secondary N) is 3. The maximum Gasteiger partial charge on any atom is 0.323 e. The SMILES string of the molecule is COc1cc(CC(=O)NCC(=O)N(CCC(=O)O)C(C)c2ccccc2)ccc1NC(=O)Nc1ccccc1C. The molecule has 4 amide bonds. The molecule has 0 aliphatic rings. The van der Waals surface area contributed by atoms with Crippen LogP contribution in [0.1, 0.15) is 36.1 Å². The number of amides is 4. The molecule has 0 fully saturated rings. The topological polar surface area (TPSA) is 137 Å². The number of benzene rings is 3. The van der Waals surface area contributed by atoms with Gasteiger partial charge in [-0.2, -0.15) is 0 Å². The first-order valence-corrected chi connectivity index (χ1v) is 12.8. The summed E-state index contributed by atoms with van der Waals surface area (Å²) >= 11 is 0. The molecule has 210 valence electrons. The van der Waals surface area contributed by atoms with Crippen molar-refractivity contribution < 1.29 is 29.0 Å². The number of urea groups is 1. The molecule has 0 spiro atoms. The lowest BCUT2D eigenvalue weighted by atomic mass is 10.1. The number of para-hydroxylation sites is 1. The van der Waals surface area contributed by atoms with Gasteiger partial charge in [0.2, 0.25) is 11.8 Å². The summed E-state index contributed by atoms with van der Waals surface area (Å²) in [5.41, 5.74) is 3.51. The lowest BCUT2D eigenvalue weighted by molar-refractivity contribution is -0.139. The number of carboxylic acids is 1. The summed E-state index contributed by atoms with van der Waals surface area (Å²) < 4.78 is 5.40. The van der Waals surface area contributed by atoms with Crippen LogP contribution in [0.4, 0.5) is 16.2 Å². The van der Waals surface area contributed by atoms with Crippen molar-refractivity contribution in [1.29, 1.82) is 0 Å². The van der Waals surface area contributed by atoms with Gasteiger partial charge in [0, 0.05) is 12.2 Å². The molecule has 3 aromatic rings. The van der Waals surface area contributed by atoms with Crippen LogP contribution in [0.15, 0.2) is 72.8 Å². The molecular weight excluding hydrogens is 512 g/mol. The molecule has 0 aromatic heterocycles. The Hall–Kier alpha value is -4.86. The Morgan fingerprint density at radius 3 is 2.27 bits per heavy atom. The standard InChI is InChI=1S/C30H34N4O6/c1-20-9-7-8-12-24(20)32-30(39)33-25-14-13-22(17-26(25)40-3)18-27(35)31-19-28(36)34(16-15-29(37)38)21(2)23-10-5-4-6-11-23/h4-14,17,21H,15-16,18-19H2,1-3H3,(H,31,35)(H,37,38)(H2,32,33,39). The highest BCUT2D eigenvalue weighted by Gasteiger charge is 2.22. The van der Waals surface area contributed by atoms with Crippen LogP contribution in [-0.4, -0.2) is 54.0 Å². The van der Waals surface area contributed by atoms with Crippen molar-refractivity contribution in [1.82, 2.24) is 10.2 Å². The van der Waals surface area contributed by atoms with Crippen molar-refractivity contribution in [2.24, 2.45) is 0 Å². The number of rotatable bonds is 12. The number of nitrogens with zero attached hydrogens (tertiary/aromatic N) is 1. The minimum Gasteiger partial charge on any atom is -0.495 e. The van der Waals surface area contributed by atoms with Gasteiger partial charge in [0.25, 0.3) is 0 Å². The summed E-state index contributed by atoms with van der Waals surface area (Å²) in [4.78, 5) is 50.7. The zero-order valence-electron chi connectivity index (χ0n) is 22.8. The largest absolute Gasteiger partial charge is 0.495 e. The van der Waals surface area contributed by atoms with Crippen LogP contribution < -0.4 is 20.7 Å². The summed E-state index contributed by atoms with van der Waals surface area (Å²) in [7, 11) is 1.46. The third-order valence-corrected chi connectivity index (χ3v) is 6.35. The van der Waals surface area contributed by atoms with E-state index in [0.29, 0.717) is 22.7 Å². The average Bonchev–Trinajstić information content (AvgIpc) is 2.94. The molecule has 10 nitrogen and oxygen atoms in total. The zero-order chi connectivity index (χ0) is 29.1. The summed E-state index contributed by atoms with van der Waals surface area (Å²) in [6.07, 6.45) is -0.233. The van der Waals surface area contributed by atoms with Gasteiger partial charge in [-0.3, -0.25) is 14.4 Å². The number of carbonyl (C=O) groups is 4. The molecule has 0 radical (unpaired) electrons. The van der Waals surface area contributed by atoms with E-state index in [4.69, 9.17) is 9.84 Å². The molecule has 0 aliphatic carbocycles. The normalized spacial score (nSPS) is 11.2. The molecule has 10 heteroatoms. The quantitative estimate of drug-likeness (QED) is 0.266. The van der Waals surface area contributed by atoms with E-state index in [1.165, 1.54) is 12.0 Å². The van der Waals surface area contributed by atoms with E-state index in [0.717, 1.165) is 11.1 Å². The van der Waals surface area contributed by atoms with Crippen LogP contribution in [-0.2, 0) is 20.8 Å². The molecule has 3 aromatic carbocycles. The van der Waals surface area contributed by atoms with E-state index >= 15 is 0 Å². The molecule has 4 N–H and O–H groups in total. The monoisotopic (exact) mass is 546 g/mol. The number of hydrogen-bond acceptors (Lipinski definition) is 5. The first-order chi connectivity index (χ1) is 19.2. The number of anilines is 2. The first-order valence-electron chi connectivity index (χ1n) is 12.8. The van der Waals surface area contributed by atoms with Gasteiger partial charge in [0.1, 0.15) is 5.75 Å². The van der Waals surface area contributed by atoms with Crippen molar-refractivity contribution in [2.45, 2.75) is 32.7 Å². The van der Waals surface area contributed by atoms with Gasteiger partial charge in [0.15, 0.2) is 0 Å². The molecule has 1 atom stereocenters. The van der Waals surface area contributed by atoms with E-state index in [1.807, 2.05) is 62.4 Å². The van der Waals surface area contributed by atoms with E-state index < -0.39 is 12.0 Å². The van der Waals surface area contributed by atoms with Crippen molar-refractivity contribution in [2.75, 3.05) is 30.8 Å². The number of aliphatic carboxylic acids is 1. The third-order valence-electron chi connectivity index (χ3n) is 6.35. The van der Waals surface area contributed by atoms with E-state index in [2.05, 4.69) is 16.0 Å². The Kier molecular flexibility index (Phi) is 10.6. The molecule has 0 aliphatic heterocycles. The second kappa shape index (κ2) is 14.3. The van der Waals surface area contributed by atoms with Crippen LogP contribution >= 0.6 is 0 Å². The number of hydrogen-bond donors (Lipinski definition) is 4. The van der Waals surface area contributed by atoms with Gasteiger partial charge in [-0.05, 0) is 48.7 Å². The summed E-state index contributed by atoms with van der Waals surface area (Å²) in [5.74, 6) is -1.42. The Bertz CT molecular complexity index is 1350. The van der Waals surface area contributed by atoms with E-state index in [-0.39, 0.29) is 43.8 Å². The maximum absolute atomic E-state index is 13.0.